The summed E-state index contributed by atoms with van der Waals surface area (Å²) in [4.78, 5) is 23.2. The van der Waals surface area contributed by atoms with E-state index in [1.165, 1.54) is 13.8 Å². The third kappa shape index (κ3) is 8.95. The van der Waals surface area contributed by atoms with Gasteiger partial charge in [0.05, 0.1) is 90.4 Å². The third-order valence-electron chi connectivity index (χ3n) is 8.88. The highest BCUT2D eigenvalue weighted by Gasteiger charge is 2.76. The molecule has 4 aliphatic rings. The molecule has 18 heteroatoms. The van der Waals surface area contributed by atoms with Gasteiger partial charge in [0.1, 0.15) is 23.4 Å². The van der Waals surface area contributed by atoms with Gasteiger partial charge in [-0.3, -0.25) is 9.59 Å². The van der Waals surface area contributed by atoms with Crippen molar-refractivity contribution in [1.29, 1.82) is 0 Å². The lowest BCUT2D eigenvalue weighted by atomic mass is 10.0. The standard InChI is InChI=1S/C29H50N2O16/c1-16(34)30-22-20-24(36)28(20,38)18(14-32)46-26(22)44-12-10-42-8-6-40-4-3-5-41-7-9-43-11-13-45-27-23(31-17(2)35)21-25(37)29(21,39)19(15-33)47-27/h18-27,32-33,36-39H,3-15H2,1-2H3,(H,30,34)(H,31,35)/t18?,19?,20?,21?,22?,23?,24?,25?,26-,27-,28?,29?/m1/s1. The first kappa shape index (κ1) is 38.2. The van der Waals surface area contributed by atoms with Crippen molar-refractivity contribution in [2.45, 2.75) is 80.5 Å². The van der Waals surface area contributed by atoms with Crippen LogP contribution >= 0.6 is 0 Å². The lowest BCUT2D eigenvalue weighted by Gasteiger charge is -2.37. The van der Waals surface area contributed by atoms with Crippen molar-refractivity contribution in [2.24, 2.45) is 11.8 Å². The number of carbonyl (C=O) groups is 2. The zero-order chi connectivity index (χ0) is 34.2. The predicted molar refractivity (Wildman–Crippen MR) is 155 cm³/mol. The Balaban J connectivity index is 0.956. The number of aliphatic hydroxyl groups excluding tert-OH is 4. The van der Waals surface area contributed by atoms with Crippen LogP contribution in [0.4, 0.5) is 0 Å². The molecular weight excluding hydrogens is 632 g/mol. The first-order valence-corrected chi connectivity index (χ1v) is 15.9. The van der Waals surface area contributed by atoms with Gasteiger partial charge in [0.25, 0.3) is 0 Å². The van der Waals surface area contributed by atoms with Crippen molar-refractivity contribution in [1.82, 2.24) is 10.6 Å². The summed E-state index contributed by atoms with van der Waals surface area (Å²) in [6.07, 6.45) is -5.60. The van der Waals surface area contributed by atoms with Crippen LogP contribution in [0.15, 0.2) is 0 Å². The molecular formula is C29H50N2O16. The van der Waals surface area contributed by atoms with E-state index in [4.69, 9.17) is 37.9 Å². The number of hydrogen-bond acceptors (Lipinski definition) is 16. The molecule has 8 N–H and O–H groups in total. The Morgan fingerprint density at radius 3 is 1.30 bits per heavy atom. The minimum Gasteiger partial charge on any atom is -0.394 e. The van der Waals surface area contributed by atoms with Gasteiger partial charge >= 0.3 is 0 Å². The van der Waals surface area contributed by atoms with Gasteiger partial charge in [-0.05, 0) is 6.42 Å². The second-order valence-electron chi connectivity index (χ2n) is 12.1. The van der Waals surface area contributed by atoms with Crippen LogP contribution < -0.4 is 10.6 Å². The van der Waals surface area contributed by atoms with E-state index in [-0.39, 0.29) is 38.2 Å². The number of rotatable bonds is 22. The molecule has 0 aromatic rings. The number of carbonyl (C=O) groups excluding carboxylic acids is 2. The number of hydrogen-bond donors (Lipinski definition) is 8. The second kappa shape index (κ2) is 17.3. The Morgan fingerprint density at radius 2 is 0.957 bits per heavy atom. The molecule has 47 heavy (non-hydrogen) atoms. The average Bonchev–Trinajstić information content (AvgIpc) is 3.82. The van der Waals surface area contributed by atoms with Crippen molar-refractivity contribution in [3.8, 4) is 0 Å². The molecule has 2 saturated carbocycles. The van der Waals surface area contributed by atoms with Crippen LogP contribution in [-0.2, 0) is 47.5 Å². The van der Waals surface area contributed by atoms with E-state index in [0.717, 1.165) is 0 Å². The van der Waals surface area contributed by atoms with E-state index in [1.54, 1.807) is 0 Å². The molecule has 2 aliphatic carbocycles. The molecule has 0 bridgehead atoms. The third-order valence-corrected chi connectivity index (χ3v) is 8.88. The molecule has 0 aromatic heterocycles. The minimum absolute atomic E-state index is 0.118. The molecule has 12 atom stereocenters. The zero-order valence-corrected chi connectivity index (χ0v) is 26.7. The quantitative estimate of drug-likeness (QED) is 0.0500. The van der Waals surface area contributed by atoms with Crippen LogP contribution in [0.1, 0.15) is 20.3 Å². The van der Waals surface area contributed by atoms with Gasteiger partial charge in [-0.1, -0.05) is 0 Å². The number of fused-ring (bicyclic) bond motifs is 2. The van der Waals surface area contributed by atoms with Crippen LogP contribution in [-0.4, -0.2) is 182 Å². The highest BCUT2D eigenvalue weighted by atomic mass is 16.7. The van der Waals surface area contributed by atoms with Gasteiger partial charge in [-0.15, -0.1) is 0 Å². The molecule has 10 unspecified atom stereocenters. The van der Waals surface area contributed by atoms with Gasteiger partial charge in [0.15, 0.2) is 12.6 Å². The molecule has 18 nitrogen and oxygen atoms in total. The Morgan fingerprint density at radius 1 is 0.617 bits per heavy atom. The largest absolute Gasteiger partial charge is 0.394 e. The highest BCUT2D eigenvalue weighted by Crippen LogP contribution is 2.55. The van der Waals surface area contributed by atoms with Crippen molar-refractivity contribution >= 4 is 11.8 Å². The summed E-state index contributed by atoms with van der Waals surface area (Å²) in [6, 6.07) is -1.54. The van der Waals surface area contributed by atoms with Gasteiger partial charge in [0.2, 0.25) is 11.8 Å². The van der Waals surface area contributed by atoms with E-state index in [0.29, 0.717) is 46.1 Å². The topological polar surface area (TPSA) is 253 Å². The smallest absolute Gasteiger partial charge is 0.217 e. The van der Waals surface area contributed by atoms with Crippen LogP contribution in [0.25, 0.3) is 0 Å². The summed E-state index contributed by atoms with van der Waals surface area (Å²) in [5.74, 6) is -2.14. The van der Waals surface area contributed by atoms with Crippen LogP contribution in [0, 0.1) is 11.8 Å². The first-order valence-electron chi connectivity index (χ1n) is 15.9. The average molecular weight is 683 g/mol. The molecule has 4 rings (SSSR count). The van der Waals surface area contributed by atoms with Crippen molar-refractivity contribution in [3.05, 3.63) is 0 Å². The fourth-order valence-electron chi connectivity index (χ4n) is 6.43. The minimum atomic E-state index is -1.62. The van der Waals surface area contributed by atoms with E-state index in [2.05, 4.69) is 10.6 Å². The first-order chi connectivity index (χ1) is 22.5. The Labute approximate surface area is 272 Å². The Hall–Kier alpha value is -1.62. The van der Waals surface area contributed by atoms with Gasteiger partial charge < -0.3 is 79.2 Å². The summed E-state index contributed by atoms with van der Waals surface area (Å²) >= 11 is 0. The van der Waals surface area contributed by atoms with Crippen molar-refractivity contribution in [3.63, 3.8) is 0 Å². The fraction of sp³-hybridized carbons (Fsp3) is 0.931. The molecule has 0 radical (unpaired) electrons. The van der Waals surface area contributed by atoms with E-state index < -0.39 is 85.3 Å². The summed E-state index contributed by atoms with van der Waals surface area (Å²) in [5, 5.41) is 65.8. The number of amides is 2. The van der Waals surface area contributed by atoms with Crippen molar-refractivity contribution < 1.29 is 78.1 Å². The Kier molecular flexibility index (Phi) is 14.1. The summed E-state index contributed by atoms with van der Waals surface area (Å²) < 4.78 is 44.6. The number of nitrogens with one attached hydrogen (secondary N) is 2. The number of ether oxygens (including phenoxy) is 8. The highest BCUT2D eigenvalue weighted by molar-refractivity contribution is 5.74. The normalized spacial score (nSPS) is 38.7. The summed E-state index contributed by atoms with van der Waals surface area (Å²) in [7, 11) is 0. The monoisotopic (exact) mass is 682 g/mol. The maximum atomic E-state index is 11.6. The maximum Gasteiger partial charge on any atom is 0.217 e. The fourth-order valence-corrected chi connectivity index (χ4v) is 6.43. The molecule has 4 fully saturated rings. The van der Waals surface area contributed by atoms with Crippen LogP contribution in [0.2, 0.25) is 0 Å². The van der Waals surface area contributed by atoms with Gasteiger partial charge in [-0.25, -0.2) is 0 Å². The molecule has 0 aromatic carbocycles. The molecule has 272 valence electrons. The molecule has 2 amide bonds. The van der Waals surface area contributed by atoms with Crippen LogP contribution in [0.3, 0.4) is 0 Å². The van der Waals surface area contributed by atoms with Crippen LogP contribution in [0.5, 0.6) is 0 Å². The molecule has 2 aliphatic heterocycles. The SMILES string of the molecule is CC(=O)NC1C2C(O)C2(O)C(CO)O[C@H]1OCCOCCOCCCOCCOCCO[C@@H]1OC(CO)C2(O)C(O)C2C1NC(C)=O. The summed E-state index contributed by atoms with van der Waals surface area (Å²) in [5.41, 5.74) is -3.24. The summed E-state index contributed by atoms with van der Waals surface area (Å²) in [6.45, 7) is 4.57. The van der Waals surface area contributed by atoms with E-state index in [1.807, 2.05) is 0 Å². The van der Waals surface area contributed by atoms with Crippen molar-refractivity contribution in [2.75, 3.05) is 79.3 Å². The maximum absolute atomic E-state index is 11.6. The zero-order valence-electron chi connectivity index (χ0n) is 26.7. The molecule has 0 spiro atoms. The Bertz CT molecular complexity index is 935. The molecule has 2 heterocycles. The lowest BCUT2D eigenvalue weighted by Crippen LogP contribution is -2.57. The van der Waals surface area contributed by atoms with E-state index >= 15 is 0 Å². The number of aliphatic hydroxyl groups is 6. The van der Waals surface area contributed by atoms with Gasteiger partial charge in [-0.2, -0.15) is 0 Å². The lowest BCUT2D eigenvalue weighted by molar-refractivity contribution is -0.249. The van der Waals surface area contributed by atoms with E-state index in [9.17, 15) is 40.2 Å². The predicted octanol–water partition coefficient (Wildman–Crippen LogP) is -4.64. The second-order valence-corrected chi connectivity index (χ2v) is 12.1. The van der Waals surface area contributed by atoms with Gasteiger partial charge in [0, 0.05) is 38.9 Å². The molecule has 2 saturated heterocycles.